The SMILES string of the molecule is C=C(N)c1cnc2ccc(-c3c(-c4ccc(F)cc4)ncn3C)nn12. The first kappa shape index (κ1) is 15.1. The second kappa shape index (κ2) is 5.55. The highest BCUT2D eigenvalue weighted by molar-refractivity contribution is 5.77. The lowest BCUT2D eigenvalue weighted by Crippen LogP contribution is -2.04. The highest BCUT2D eigenvalue weighted by Crippen LogP contribution is 2.30. The molecule has 3 aromatic heterocycles. The van der Waals surface area contributed by atoms with E-state index in [0.29, 0.717) is 22.7 Å². The van der Waals surface area contributed by atoms with Crippen molar-refractivity contribution in [2.24, 2.45) is 12.8 Å². The minimum Gasteiger partial charge on any atom is -0.397 e. The lowest BCUT2D eigenvalue weighted by atomic mass is 10.1. The van der Waals surface area contributed by atoms with E-state index in [0.717, 1.165) is 17.0 Å². The van der Waals surface area contributed by atoms with E-state index in [1.807, 2.05) is 23.7 Å². The van der Waals surface area contributed by atoms with Crippen molar-refractivity contribution in [3.05, 3.63) is 67.0 Å². The second-order valence-corrected chi connectivity index (χ2v) is 5.72. The predicted molar refractivity (Wildman–Crippen MR) is 93.8 cm³/mol. The number of rotatable bonds is 3. The van der Waals surface area contributed by atoms with Crippen molar-refractivity contribution in [2.45, 2.75) is 0 Å². The van der Waals surface area contributed by atoms with Crippen LogP contribution in [-0.2, 0) is 7.05 Å². The van der Waals surface area contributed by atoms with Crippen LogP contribution in [0, 0.1) is 5.82 Å². The lowest BCUT2D eigenvalue weighted by molar-refractivity contribution is 0.628. The van der Waals surface area contributed by atoms with Crippen LogP contribution < -0.4 is 5.73 Å². The average molecular weight is 334 g/mol. The van der Waals surface area contributed by atoms with Gasteiger partial charge in [-0.25, -0.2) is 18.9 Å². The van der Waals surface area contributed by atoms with Gasteiger partial charge in [-0.15, -0.1) is 0 Å². The number of nitrogens with two attached hydrogens (primary N) is 1. The zero-order valence-electron chi connectivity index (χ0n) is 13.5. The first-order valence-electron chi connectivity index (χ1n) is 7.62. The smallest absolute Gasteiger partial charge is 0.154 e. The molecule has 25 heavy (non-hydrogen) atoms. The summed E-state index contributed by atoms with van der Waals surface area (Å²) in [7, 11) is 1.89. The normalized spacial score (nSPS) is 11.1. The molecule has 1 aromatic carbocycles. The fourth-order valence-corrected chi connectivity index (χ4v) is 2.77. The van der Waals surface area contributed by atoms with E-state index >= 15 is 0 Å². The molecule has 0 bridgehead atoms. The molecule has 4 rings (SSSR count). The Bertz CT molecular complexity index is 1090. The molecule has 0 unspecified atom stereocenters. The van der Waals surface area contributed by atoms with E-state index in [4.69, 9.17) is 5.73 Å². The molecule has 4 aromatic rings. The summed E-state index contributed by atoms with van der Waals surface area (Å²) in [5.41, 5.74) is 10.6. The monoisotopic (exact) mass is 334 g/mol. The molecule has 7 heteroatoms. The van der Waals surface area contributed by atoms with Gasteiger partial charge in [0.25, 0.3) is 0 Å². The molecular weight excluding hydrogens is 319 g/mol. The molecule has 0 fully saturated rings. The summed E-state index contributed by atoms with van der Waals surface area (Å²) < 4.78 is 16.7. The number of benzene rings is 1. The molecule has 0 saturated carbocycles. The number of hydrogen-bond acceptors (Lipinski definition) is 4. The molecule has 0 amide bonds. The van der Waals surface area contributed by atoms with Crippen LogP contribution >= 0.6 is 0 Å². The zero-order chi connectivity index (χ0) is 17.6. The number of nitrogens with zero attached hydrogens (tertiary/aromatic N) is 5. The molecule has 2 N–H and O–H groups in total. The summed E-state index contributed by atoms with van der Waals surface area (Å²) in [5.74, 6) is -0.287. The Labute approximate surface area is 143 Å². The van der Waals surface area contributed by atoms with Gasteiger partial charge in [-0.2, -0.15) is 5.10 Å². The third kappa shape index (κ3) is 2.46. The fourth-order valence-electron chi connectivity index (χ4n) is 2.77. The topological polar surface area (TPSA) is 74.0 Å². The largest absolute Gasteiger partial charge is 0.397 e. The van der Waals surface area contributed by atoms with Crippen LogP contribution in [0.25, 0.3) is 34.0 Å². The van der Waals surface area contributed by atoms with Gasteiger partial charge in [0.05, 0.1) is 29.6 Å². The summed E-state index contributed by atoms with van der Waals surface area (Å²) in [6.07, 6.45) is 3.34. The Balaban J connectivity index is 1.91. The number of hydrogen-bond donors (Lipinski definition) is 1. The lowest BCUT2D eigenvalue weighted by Gasteiger charge is -2.07. The molecule has 0 radical (unpaired) electrons. The molecule has 3 heterocycles. The highest BCUT2D eigenvalue weighted by atomic mass is 19.1. The summed E-state index contributed by atoms with van der Waals surface area (Å²) in [4.78, 5) is 8.72. The van der Waals surface area contributed by atoms with Crippen LogP contribution in [0.1, 0.15) is 5.69 Å². The maximum atomic E-state index is 13.2. The molecule has 6 nitrogen and oxygen atoms in total. The average Bonchev–Trinajstić information content (AvgIpc) is 3.18. The van der Waals surface area contributed by atoms with Gasteiger partial charge in [0, 0.05) is 12.6 Å². The Morgan fingerprint density at radius 2 is 1.88 bits per heavy atom. The molecule has 124 valence electrons. The maximum absolute atomic E-state index is 13.2. The van der Waals surface area contributed by atoms with Crippen molar-refractivity contribution < 1.29 is 4.39 Å². The van der Waals surface area contributed by atoms with Gasteiger partial charge in [0.15, 0.2) is 5.65 Å². The highest BCUT2D eigenvalue weighted by Gasteiger charge is 2.16. The first-order chi connectivity index (χ1) is 12.0. The quantitative estimate of drug-likeness (QED) is 0.625. The maximum Gasteiger partial charge on any atom is 0.154 e. The number of halogens is 1. The van der Waals surface area contributed by atoms with Gasteiger partial charge in [0.1, 0.15) is 17.2 Å². The first-order valence-corrected chi connectivity index (χ1v) is 7.62. The molecular formula is C18H15FN6. The number of aryl methyl sites for hydroxylation is 1. The van der Waals surface area contributed by atoms with Crippen LogP contribution in [0.2, 0.25) is 0 Å². The van der Waals surface area contributed by atoms with Crippen molar-refractivity contribution in [1.82, 2.24) is 24.1 Å². The third-order valence-electron chi connectivity index (χ3n) is 3.99. The zero-order valence-corrected chi connectivity index (χ0v) is 13.5. The molecule has 0 aliphatic carbocycles. The van der Waals surface area contributed by atoms with E-state index in [-0.39, 0.29) is 5.82 Å². The Hall–Kier alpha value is -3.48. The minimum absolute atomic E-state index is 0.287. The van der Waals surface area contributed by atoms with Crippen LogP contribution in [0.4, 0.5) is 4.39 Å². The van der Waals surface area contributed by atoms with Gasteiger partial charge in [0.2, 0.25) is 0 Å². The Morgan fingerprint density at radius 3 is 2.60 bits per heavy atom. The number of fused-ring (bicyclic) bond motifs is 1. The van der Waals surface area contributed by atoms with Crippen molar-refractivity contribution in [2.75, 3.05) is 0 Å². The van der Waals surface area contributed by atoms with E-state index in [1.165, 1.54) is 12.1 Å². The van der Waals surface area contributed by atoms with Crippen LogP contribution in [0.5, 0.6) is 0 Å². The molecule has 0 aliphatic rings. The van der Waals surface area contributed by atoms with Crippen molar-refractivity contribution in [1.29, 1.82) is 0 Å². The van der Waals surface area contributed by atoms with E-state index in [9.17, 15) is 4.39 Å². The standard InChI is InChI=1S/C18H15FN6/c1-11(20)15-9-21-16-8-7-14(23-25(15)16)18-17(22-10-24(18)2)12-3-5-13(19)6-4-12/h3-10H,1,20H2,2H3. The molecule has 0 atom stereocenters. The fraction of sp³-hybridized carbons (Fsp3) is 0.0556. The molecule has 0 spiro atoms. The summed E-state index contributed by atoms with van der Waals surface area (Å²) in [6.45, 7) is 3.75. The van der Waals surface area contributed by atoms with Gasteiger partial charge >= 0.3 is 0 Å². The Morgan fingerprint density at radius 1 is 1.12 bits per heavy atom. The van der Waals surface area contributed by atoms with Crippen LogP contribution in [0.3, 0.4) is 0 Å². The second-order valence-electron chi connectivity index (χ2n) is 5.72. The van der Waals surface area contributed by atoms with Gasteiger partial charge in [-0.1, -0.05) is 6.58 Å². The number of imidazole rings is 2. The number of aromatic nitrogens is 5. The molecule has 0 saturated heterocycles. The van der Waals surface area contributed by atoms with E-state index < -0.39 is 0 Å². The summed E-state index contributed by atoms with van der Waals surface area (Å²) in [6, 6.07) is 9.95. The van der Waals surface area contributed by atoms with Crippen molar-refractivity contribution >= 4 is 11.3 Å². The Kier molecular flexibility index (Phi) is 3.35. The van der Waals surface area contributed by atoms with Gasteiger partial charge in [-0.05, 0) is 36.4 Å². The van der Waals surface area contributed by atoms with E-state index in [2.05, 4.69) is 21.6 Å². The van der Waals surface area contributed by atoms with Crippen molar-refractivity contribution in [3.8, 4) is 22.6 Å². The van der Waals surface area contributed by atoms with E-state index in [1.54, 1.807) is 29.2 Å². The summed E-state index contributed by atoms with van der Waals surface area (Å²) in [5, 5.41) is 4.64. The summed E-state index contributed by atoms with van der Waals surface area (Å²) >= 11 is 0. The van der Waals surface area contributed by atoms with Crippen LogP contribution in [-0.4, -0.2) is 24.1 Å². The minimum atomic E-state index is -0.287. The molecule has 0 aliphatic heterocycles. The van der Waals surface area contributed by atoms with Gasteiger partial charge < -0.3 is 10.3 Å². The van der Waals surface area contributed by atoms with Crippen LogP contribution in [0.15, 0.2) is 55.5 Å². The van der Waals surface area contributed by atoms with Crippen molar-refractivity contribution in [3.63, 3.8) is 0 Å². The third-order valence-corrected chi connectivity index (χ3v) is 3.99. The predicted octanol–water partition coefficient (Wildman–Crippen LogP) is 2.87. The van der Waals surface area contributed by atoms with Gasteiger partial charge in [-0.3, -0.25) is 0 Å².